The van der Waals surface area contributed by atoms with Gasteiger partial charge in [-0.2, -0.15) is 0 Å². The lowest BCUT2D eigenvalue weighted by molar-refractivity contribution is -0.856. The third-order valence-electron chi connectivity index (χ3n) is 7.07. The number of nitrogens with two attached hydrogens (primary N) is 1. The van der Waals surface area contributed by atoms with E-state index in [0.717, 1.165) is 10.9 Å². The Hall–Kier alpha value is -5.40. The van der Waals surface area contributed by atoms with Crippen molar-refractivity contribution in [1.82, 2.24) is 4.57 Å². The maximum absolute atomic E-state index is 13.8. The third-order valence-corrected chi connectivity index (χ3v) is 7.07. The number of aliphatic carboxylic acids is 1. The Morgan fingerprint density at radius 3 is 2.17 bits per heavy atom. The van der Waals surface area contributed by atoms with Crippen LogP contribution < -0.4 is 5.73 Å². The molecule has 1 heterocycles. The summed E-state index contributed by atoms with van der Waals surface area (Å²) in [5, 5.41) is 61.2. The number of fused-ring (bicyclic) bond motifs is 1. The van der Waals surface area contributed by atoms with Gasteiger partial charge in [0.1, 0.15) is 12.4 Å². The largest absolute Gasteiger partial charge is 0.481 e. The SMILES string of the molecule is CC(C)n1c(/C=C/[C@H](O)C[C@](O)(CC(=O)O)CC(N)(CO[N+](=O)[O-])C(O[N+](=O)[O-])O[N+](=O)[O-])c(-c2ccc(F)cc2)c2ccccc21. The molecular formula is C28H32FN5O13. The van der Waals surface area contributed by atoms with Crippen molar-refractivity contribution in [2.45, 2.75) is 62.7 Å². The van der Waals surface area contributed by atoms with E-state index in [1.54, 1.807) is 12.1 Å². The van der Waals surface area contributed by atoms with Crippen LogP contribution in [0.1, 0.15) is 44.8 Å². The molecule has 18 nitrogen and oxygen atoms in total. The van der Waals surface area contributed by atoms with Crippen molar-refractivity contribution in [3.8, 4) is 11.1 Å². The second-order valence-electron chi connectivity index (χ2n) is 11.1. The summed E-state index contributed by atoms with van der Waals surface area (Å²) in [5.74, 6) is -2.11. The Balaban J connectivity index is 2.07. The molecule has 0 saturated heterocycles. The molecule has 254 valence electrons. The number of carbonyl (C=O) groups is 1. The molecule has 0 fully saturated rings. The molecule has 1 aromatic heterocycles. The van der Waals surface area contributed by atoms with E-state index in [4.69, 9.17) is 5.73 Å². The van der Waals surface area contributed by atoms with Crippen LogP contribution in [0, 0.1) is 36.2 Å². The van der Waals surface area contributed by atoms with E-state index in [-0.39, 0.29) is 6.04 Å². The lowest BCUT2D eigenvalue weighted by Crippen LogP contribution is -2.62. The van der Waals surface area contributed by atoms with Gasteiger partial charge in [0, 0.05) is 41.0 Å². The zero-order chi connectivity index (χ0) is 35.1. The van der Waals surface area contributed by atoms with Crippen LogP contribution in [0.4, 0.5) is 4.39 Å². The van der Waals surface area contributed by atoms with Crippen LogP contribution in [-0.2, 0) is 19.3 Å². The molecule has 3 aromatic rings. The number of benzene rings is 2. The minimum absolute atomic E-state index is 0.130. The Bertz CT molecular complexity index is 1630. The Morgan fingerprint density at radius 2 is 1.64 bits per heavy atom. The number of para-hydroxylation sites is 1. The first-order valence-corrected chi connectivity index (χ1v) is 13.8. The Morgan fingerprint density at radius 1 is 1.04 bits per heavy atom. The highest BCUT2D eigenvalue weighted by atomic mass is 19.1. The number of carboxylic acid groups (broad SMARTS) is 1. The van der Waals surface area contributed by atoms with Crippen LogP contribution in [-0.4, -0.2) is 71.3 Å². The number of hydrogen-bond donors (Lipinski definition) is 4. The van der Waals surface area contributed by atoms with Gasteiger partial charge >= 0.3 is 5.97 Å². The van der Waals surface area contributed by atoms with Gasteiger partial charge in [0.05, 0.1) is 23.7 Å². The van der Waals surface area contributed by atoms with E-state index < -0.39 is 76.4 Å². The van der Waals surface area contributed by atoms with E-state index in [9.17, 15) is 54.8 Å². The maximum atomic E-state index is 13.8. The van der Waals surface area contributed by atoms with E-state index in [0.29, 0.717) is 16.8 Å². The van der Waals surface area contributed by atoms with Gasteiger partial charge in [0.15, 0.2) is 0 Å². The van der Waals surface area contributed by atoms with Crippen molar-refractivity contribution in [1.29, 1.82) is 0 Å². The summed E-state index contributed by atoms with van der Waals surface area (Å²) in [6.07, 6.45) is -4.91. The van der Waals surface area contributed by atoms with Crippen LogP contribution in [0.2, 0.25) is 0 Å². The number of aliphatic hydroxyl groups excluding tert-OH is 1. The normalized spacial score (nSPS) is 14.9. The molecule has 2 aromatic carbocycles. The summed E-state index contributed by atoms with van der Waals surface area (Å²) < 4.78 is 15.7. The molecule has 0 amide bonds. The van der Waals surface area contributed by atoms with Gasteiger partial charge in [-0.3, -0.25) is 14.5 Å². The third kappa shape index (κ3) is 9.31. The first kappa shape index (κ1) is 36.1. The standard InChI is InChI=1S/C28H32FN5O13/c1-17(2)31-22-6-4-3-5-21(22)25(18-7-9-19(29)10-8-18)23(31)12-11-20(35)13-27(38,14-24(36)37)15-28(30,16-45-32(39)40)26(46-33(41)42)47-34(43)44/h3-12,17,20,26,35,38H,13-16,30H2,1-2H3,(H,36,37)/b12-11+/t20-,27-,28?/m0/s1. The molecule has 5 N–H and O–H groups in total. The van der Waals surface area contributed by atoms with Crippen molar-refractivity contribution >= 4 is 22.9 Å². The molecule has 0 bridgehead atoms. The van der Waals surface area contributed by atoms with Crippen molar-refractivity contribution < 1.29 is 54.3 Å². The van der Waals surface area contributed by atoms with E-state index >= 15 is 0 Å². The average Bonchev–Trinajstić information content (AvgIpc) is 3.28. The number of halogens is 1. The van der Waals surface area contributed by atoms with E-state index in [2.05, 4.69) is 14.5 Å². The van der Waals surface area contributed by atoms with Crippen molar-refractivity contribution in [2.75, 3.05) is 6.61 Å². The lowest BCUT2D eigenvalue weighted by atomic mass is 9.79. The predicted molar refractivity (Wildman–Crippen MR) is 159 cm³/mol. The quantitative estimate of drug-likeness (QED) is 0.0864. The highest BCUT2D eigenvalue weighted by Crippen LogP contribution is 2.38. The van der Waals surface area contributed by atoms with Crippen molar-refractivity contribution in [3.63, 3.8) is 0 Å². The van der Waals surface area contributed by atoms with Crippen molar-refractivity contribution in [2.24, 2.45) is 5.73 Å². The second-order valence-corrected chi connectivity index (χ2v) is 11.1. The first-order chi connectivity index (χ1) is 21.9. The lowest BCUT2D eigenvalue weighted by Gasteiger charge is -2.40. The summed E-state index contributed by atoms with van der Waals surface area (Å²) in [4.78, 5) is 57.1. The fourth-order valence-electron chi connectivity index (χ4n) is 5.44. The Kier molecular flexibility index (Phi) is 11.4. The predicted octanol–water partition coefficient (Wildman–Crippen LogP) is 3.04. The molecule has 3 atom stereocenters. The second kappa shape index (κ2) is 14.8. The summed E-state index contributed by atoms with van der Waals surface area (Å²) in [6, 6.07) is 12.9. The summed E-state index contributed by atoms with van der Waals surface area (Å²) in [6.45, 7) is 2.42. The highest BCUT2D eigenvalue weighted by molar-refractivity contribution is 6.01. The molecule has 0 aliphatic carbocycles. The molecule has 3 rings (SSSR count). The number of aliphatic hydroxyl groups is 2. The number of rotatable bonds is 18. The van der Waals surface area contributed by atoms with Crippen molar-refractivity contribution in [3.05, 3.63) is 96.5 Å². The molecule has 47 heavy (non-hydrogen) atoms. The van der Waals surface area contributed by atoms with Gasteiger partial charge in [-0.15, -0.1) is 30.3 Å². The van der Waals surface area contributed by atoms with E-state index in [1.807, 2.05) is 42.7 Å². The summed E-state index contributed by atoms with van der Waals surface area (Å²) >= 11 is 0. The smallest absolute Gasteiger partial charge is 0.306 e. The maximum Gasteiger partial charge on any atom is 0.306 e. The van der Waals surface area contributed by atoms with Gasteiger partial charge in [-0.25, -0.2) is 4.39 Å². The highest BCUT2D eigenvalue weighted by Gasteiger charge is 2.49. The molecule has 0 radical (unpaired) electrons. The zero-order valence-corrected chi connectivity index (χ0v) is 25.0. The van der Waals surface area contributed by atoms with Gasteiger partial charge in [-0.1, -0.05) is 36.4 Å². The van der Waals surface area contributed by atoms with Crippen LogP contribution in [0.25, 0.3) is 28.1 Å². The van der Waals surface area contributed by atoms with Gasteiger partial charge in [-0.05, 0) is 43.7 Å². The fraction of sp³-hybridized carbons (Fsp3) is 0.393. The van der Waals surface area contributed by atoms with Crippen LogP contribution in [0.5, 0.6) is 0 Å². The minimum Gasteiger partial charge on any atom is -0.481 e. The monoisotopic (exact) mass is 665 g/mol. The zero-order valence-electron chi connectivity index (χ0n) is 25.0. The minimum atomic E-state index is -2.79. The molecule has 0 aliphatic heterocycles. The molecule has 0 spiro atoms. The summed E-state index contributed by atoms with van der Waals surface area (Å²) in [5.41, 5.74) is 3.26. The average molecular weight is 666 g/mol. The first-order valence-electron chi connectivity index (χ1n) is 13.8. The molecule has 0 aliphatic rings. The number of nitrogens with zero attached hydrogens (tertiary/aromatic N) is 4. The summed E-state index contributed by atoms with van der Waals surface area (Å²) in [7, 11) is 0. The molecule has 1 unspecified atom stereocenters. The van der Waals surface area contributed by atoms with E-state index in [1.165, 1.54) is 24.3 Å². The Labute approximate surface area is 264 Å². The topological polar surface area (TPSA) is 266 Å². The number of hydrogen-bond acceptors (Lipinski definition) is 13. The van der Waals surface area contributed by atoms with Crippen LogP contribution >= 0.6 is 0 Å². The van der Waals surface area contributed by atoms with Gasteiger partial charge in [0.25, 0.3) is 21.5 Å². The molecule has 19 heteroatoms. The van der Waals surface area contributed by atoms with Gasteiger partial charge in [0.2, 0.25) is 0 Å². The number of carboxylic acids is 1. The molecule has 0 saturated carbocycles. The fourth-order valence-corrected chi connectivity index (χ4v) is 5.44. The van der Waals surface area contributed by atoms with Crippen LogP contribution in [0.3, 0.4) is 0 Å². The molecular weight excluding hydrogens is 633 g/mol. The number of aromatic nitrogens is 1. The van der Waals surface area contributed by atoms with Crippen LogP contribution in [0.15, 0.2) is 54.6 Å². The van der Waals surface area contributed by atoms with Gasteiger partial charge < -0.3 is 30.5 Å².